The molecular weight excluding hydrogens is 312 g/mol. The Morgan fingerprint density at radius 3 is 2.48 bits per heavy atom. The van der Waals surface area contributed by atoms with Crippen molar-refractivity contribution in [2.24, 2.45) is 5.41 Å². The topological polar surface area (TPSA) is 32.8 Å². The third-order valence-electron chi connectivity index (χ3n) is 5.81. The molecule has 1 aliphatic carbocycles. The molecule has 0 aromatic heterocycles. The summed E-state index contributed by atoms with van der Waals surface area (Å²) >= 11 is 0. The second kappa shape index (κ2) is 7.88. The fourth-order valence-corrected chi connectivity index (χ4v) is 4.34. The molecular formula is C21H32N2O2. The Hall–Kier alpha value is -1.39. The molecule has 25 heavy (non-hydrogen) atoms. The molecule has 1 heterocycles. The van der Waals surface area contributed by atoms with E-state index in [1.165, 1.54) is 17.5 Å². The van der Waals surface area contributed by atoms with Gasteiger partial charge in [0.15, 0.2) is 0 Å². The lowest BCUT2D eigenvalue weighted by Crippen LogP contribution is -2.52. The van der Waals surface area contributed by atoms with Crippen molar-refractivity contribution >= 4 is 5.91 Å². The Morgan fingerprint density at radius 2 is 1.92 bits per heavy atom. The number of hydrogen-bond acceptors (Lipinski definition) is 3. The molecule has 1 amide bonds. The van der Waals surface area contributed by atoms with Crippen LogP contribution >= 0.6 is 0 Å². The Labute approximate surface area is 152 Å². The predicted molar refractivity (Wildman–Crippen MR) is 100 cm³/mol. The first-order chi connectivity index (χ1) is 12.1. The van der Waals surface area contributed by atoms with Gasteiger partial charge in [0.2, 0.25) is 5.91 Å². The average Bonchev–Trinajstić information content (AvgIpc) is 2.58. The zero-order valence-electron chi connectivity index (χ0n) is 16.0. The molecule has 1 saturated carbocycles. The molecule has 0 bridgehead atoms. The lowest BCUT2D eigenvalue weighted by Gasteiger charge is -2.46. The van der Waals surface area contributed by atoms with E-state index in [0.29, 0.717) is 12.5 Å². The van der Waals surface area contributed by atoms with E-state index in [1.54, 1.807) is 7.11 Å². The van der Waals surface area contributed by atoms with E-state index in [4.69, 9.17) is 4.74 Å². The van der Waals surface area contributed by atoms with Crippen LogP contribution in [0.3, 0.4) is 0 Å². The smallest absolute Gasteiger partial charge is 0.231 e. The van der Waals surface area contributed by atoms with Gasteiger partial charge in [-0.05, 0) is 57.3 Å². The van der Waals surface area contributed by atoms with Crippen molar-refractivity contribution in [2.75, 3.05) is 34.4 Å². The number of ether oxygens (including phenoxy) is 1. The van der Waals surface area contributed by atoms with Crippen LogP contribution < -0.4 is 0 Å². The zero-order valence-corrected chi connectivity index (χ0v) is 16.0. The van der Waals surface area contributed by atoms with Crippen LogP contribution in [0.2, 0.25) is 0 Å². The molecule has 0 N–H and O–H groups in total. The molecule has 138 valence electrons. The zero-order chi connectivity index (χ0) is 17.9. The maximum Gasteiger partial charge on any atom is 0.231 e. The first-order valence-corrected chi connectivity index (χ1v) is 9.59. The highest BCUT2D eigenvalue weighted by molar-refractivity contribution is 5.84. The third kappa shape index (κ3) is 3.90. The third-order valence-corrected chi connectivity index (χ3v) is 5.81. The Morgan fingerprint density at radius 1 is 1.20 bits per heavy atom. The summed E-state index contributed by atoms with van der Waals surface area (Å²) in [6.45, 7) is 2.40. The van der Waals surface area contributed by atoms with Crippen LogP contribution in [0.15, 0.2) is 24.3 Å². The first kappa shape index (κ1) is 18.4. The number of carbonyl (C=O) groups excluding carboxylic acids is 1. The van der Waals surface area contributed by atoms with E-state index in [1.807, 2.05) is 0 Å². The number of methoxy groups -OCH3 is 1. The van der Waals surface area contributed by atoms with Crippen LogP contribution in [0, 0.1) is 5.41 Å². The summed E-state index contributed by atoms with van der Waals surface area (Å²) < 4.78 is 5.40. The van der Waals surface area contributed by atoms with Crippen molar-refractivity contribution in [1.29, 1.82) is 0 Å². The molecule has 1 aromatic carbocycles. The number of carbonyl (C=O) groups is 1. The number of piperidine rings is 1. The molecule has 1 atom stereocenters. The molecule has 1 aromatic rings. The second-order valence-corrected chi connectivity index (χ2v) is 8.06. The minimum atomic E-state index is -0.255. The summed E-state index contributed by atoms with van der Waals surface area (Å²) in [7, 11) is 5.89. The van der Waals surface area contributed by atoms with Crippen LogP contribution in [-0.4, -0.2) is 50.1 Å². The Balaban J connectivity index is 1.77. The number of likely N-dealkylation sites (tertiary alicyclic amines) is 1. The lowest BCUT2D eigenvalue weighted by atomic mass is 9.68. The van der Waals surface area contributed by atoms with Crippen LogP contribution in [0.1, 0.15) is 55.7 Å². The lowest BCUT2D eigenvalue weighted by molar-refractivity contribution is -0.156. The summed E-state index contributed by atoms with van der Waals surface area (Å²) in [5.74, 6) is 0.322. The number of rotatable bonds is 6. The van der Waals surface area contributed by atoms with Crippen LogP contribution in [-0.2, 0) is 16.1 Å². The van der Waals surface area contributed by atoms with Crippen molar-refractivity contribution in [3.05, 3.63) is 35.4 Å². The number of amides is 1. The first-order valence-electron chi connectivity index (χ1n) is 9.59. The van der Waals surface area contributed by atoms with Crippen LogP contribution in [0.25, 0.3) is 0 Å². The summed E-state index contributed by atoms with van der Waals surface area (Å²) in [6.07, 6.45) is 6.49. The van der Waals surface area contributed by atoms with Crippen LogP contribution in [0.4, 0.5) is 0 Å². The minimum Gasteiger partial charge on any atom is -0.384 e. The molecule has 0 radical (unpaired) electrons. The highest BCUT2D eigenvalue weighted by atomic mass is 16.5. The van der Waals surface area contributed by atoms with Crippen LogP contribution in [0.5, 0.6) is 0 Å². The number of nitrogens with zero attached hydrogens (tertiary/aromatic N) is 2. The monoisotopic (exact) mass is 344 g/mol. The summed E-state index contributed by atoms with van der Waals surface area (Å²) in [5, 5.41) is 0. The van der Waals surface area contributed by atoms with Gasteiger partial charge in [0.1, 0.15) is 0 Å². The van der Waals surface area contributed by atoms with E-state index in [9.17, 15) is 4.79 Å². The highest BCUT2D eigenvalue weighted by Crippen LogP contribution is 2.45. The maximum absolute atomic E-state index is 13.3. The van der Waals surface area contributed by atoms with Gasteiger partial charge in [-0.3, -0.25) is 4.79 Å². The normalized spacial score (nSPS) is 22.7. The molecule has 4 nitrogen and oxygen atoms in total. The van der Waals surface area contributed by atoms with E-state index < -0.39 is 0 Å². The van der Waals surface area contributed by atoms with E-state index in [0.717, 1.165) is 45.2 Å². The largest absolute Gasteiger partial charge is 0.384 e. The molecule has 2 aliphatic rings. The summed E-state index contributed by atoms with van der Waals surface area (Å²) in [5.41, 5.74) is 2.34. The van der Waals surface area contributed by atoms with Gasteiger partial charge in [-0.25, -0.2) is 0 Å². The van der Waals surface area contributed by atoms with Crippen molar-refractivity contribution < 1.29 is 9.53 Å². The molecule has 1 unspecified atom stereocenters. The number of hydrogen-bond donors (Lipinski definition) is 0. The Kier molecular flexibility index (Phi) is 5.80. The van der Waals surface area contributed by atoms with Gasteiger partial charge in [0.05, 0.1) is 18.1 Å². The fraction of sp³-hybridized carbons (Fsp3) is 0.667. The number of benzene rings is 1. The fourth-order valence-electron chi connectivity index (χ4n) is 4.34. The summed E-state index contributed by atoms with van der Waals surface area (Å²) in [6, 6.07) is 9.09. The standard InChI is InChI=1S/C21H32N2O2/c1-22(2)15-17-8-10-18(11-9-17)19-7-4-5-14-23(19)20(24)21(16-25-3)12-6-13-21/h8-11,19H,4-7,12-16H2,1-3H3. The molecule has 0 spiro atoms. The average molecular weight is 344 g/mol. The predicted octanol–water partition coefficient (Wildman–Crippen LogP) is 3.62. The minimum absolute atomic E-state index is 0.226. The van der Waals surface area contributed by atoms with Gasteiger partial charge in [0.25, 0.3) is 0 Å². The molecule has 2 fully saturated rings. The van der Waals surface area contributed by atoms with Gasteiger partial charge in [0, 0.05) is 20.2 Å². The van der Waals surface area contributed by atoms with E-state index in [2.05, 4.69) is 48.2 Å². The summed E-state index contributed by atoms with van der Waals surface area (Å²) in [4.78, 5) is 17.7. The quantitative estimate of drug-likeness (QED) is 0.790. The molecule has 4 heteroatoms. The van der Waals surface area contributed by atoms with E-state index >= 15 is 0 Å². The van der Waals surface area contributed by atoms with Gasteiger partial charge >= 0.3 is 0 Å². The van der Waals surface area contributed by atoms with Crippen molar-refractivity contribution in [1.82, 2.24) is 9.80 Å². The van der Waals surface area contributed by atoms with E-state index in [-0.39, 0.29) is 11.5 Å². The molecule has 1 aliphatic heterocycles. The maximum atomic E-state index is 13.3. The SMILES string of the molecule is COCC1(C(=O)N2CCCCC2c2ccc(CN(C)C)cc2)CCC1. The molecule has 3 rings (SSSR count). The van der Waals surface area contributed by atoms with Gasteiger partial charge < -0.3 is 14.5 Å². The van der Waals surface area contributed by atoms with Gasteiger partial charge in [-0.1, -0.05) is 30.7 Å². The molecule has 1 saturated heterocycles. The van der Waals surface area contributed by atoms with Crippen molar-refractivity contribution in [3.8, 4) is 0 Å². The van der Waals surface area contributed by atoms with Gasteiger partial charge in [-0.2, -0.15) is 0 Å². The highest BCUT2D eigenvalue weighted by Gasteiger charge is 2.48. The van der Waals surface area contributed by atoms with Crippen molar-refractivity contribution in [3.63, 3.8) is 0 Å². The van der Waals surface area contributed by atoms with Gasteiger partial charge in [-0.15, -0.1) is 0 Å². The second-order valence-electron chi connectivity index (χ2n) is 8.06. The Bertz CT molecular complexity index is 578. The van der Waals surface area contributed by atoms with Crippen molar-refractivity contribution in [2.45, 2.75) is 51.1 Å².